The van der Waals surface area contributed by atoms with E-state index in [1.54, 1.807) is 13.0 Å². The summed E-state index contributed by atoms with van der Waals surface area (Å²) in [5.41, 5.74) is 1.64. The SMILES string of the molecule is Cc1ccc(C)c(S(=O)(=O)NCCOc2cccc3ccccc23)c1. The predicted molar refractivity (Wildman–Crippen MR) is 101 cm³/mol. The topological polar surface area (TPSA) is 55.4 Å². The van der Waals surface area contributed by atoms with Gasteiger partial charge in [-0.3, -0.25) is 0 Å². The molecule has 0 aliphatic carbocycles. The highest BCUT2D eigenvalue weighted by Gasteiger charge is 2.16. The van der Waals surface area contributed by atoms with Gasteiger partial charge in [-0.2, -0.15) is 0 Å². The highest BCUT2D eigenvalue weighted by atomic mass is 32.2. The Balaban J connectivity index is 1.65. The molecular weight excluding hydrogens is 334 g/mol. The number of nitrogens with one attached hydrogen (secondary N) is 1. The zero-order chi connectivity index (χ0) is 17.9. The lowest BCUT2D eigenvalue weighted by Gasteiger charge is -2.12. The van der Waals surface area contributed by atoms with Crippen molar-refractivity contribution in [2.24, 2.45) is 0 Å². The van der Waals surface area contributed by atoms with Gasteiger partial charge in [-0.25, -0.2) is 13.1 Å². The molecule has 0 aliphatic rings. The zero-order valence-corrected chi connectivity index (χ0v) is 15.1. The molecule has 3 rings (SSSR count). The van der Waals surface area contributed by atoms with Crippen molar-refractivity contribution in [1.29, 1.82) is 0 Å². The second-order valence-corrected chi connectivity index (χ2v) is 7.73. The summed E-state index contributed by atoms with van der Waals surface area (Å²) in [5, 5.41) is 2.11. The Hall–Kier alpha value is -2.37. The van der Waals surface area contributed by atoms with Gasteiger partial charge in [-0.05, 0) is 42.5 Å². The monoisotopic (exact) mass is 355 g/mol. The van der Waals surface area contributed by atoms with Crippen LogP contribution in [0.1, 0.15) is 11.1 Å². The van der Waals surface area contributed by atoms with Crippen LogP contribution in [0.25, 0.3) is 10.8 Å². The second-order valence-electron chi connectivity index (χ2n) is 5.99. The molecule has 0 saturated carbocycles. The van der Waals surface area contributed by atoms with Crippen molar-refractivity contribution in [3.8, 4) is 5.75 Å². The van der Waals surface area contributed by atoms with Crippen molar-refractivity contribution in [2.45, 2.75) is 18.7 Å². The first kappa shape index (κ1) is 17.5. The molecule has 130 valence electrons. The van der Waals surface area contributed by atoms with Crippen molar-refractivity contribution in [1.82, 2.24) is 4.72 Å². The van der Waals surface area contributed by atoms with Crippen LogP contribution in [0.2, 0.25) is 0 Å². The summed E-state index contributed by atoms with van der Waals surface area (Å²) in [7, 11) is -3.54. The number of rotatable bonds is 6. The molecule has 0 unspecified atom stereocenters. The van der Waals surface area contributed by atoms with Crippen molar-refractivity contribution in [3.05, 3.63) is 71.8 Å². The third-order valence-electron chi connectivity index (χ3n) is 4.03. The van der Waals surface area contributed by atoms with E-state index in [0.717, 1.165) is 27.6 Å². The van der Waals surface area contributed by atoms with Gasteiger partial charge >= 0.3 is 0 Å². The van der Waals surface area contributed by atoms with E-state index in [-0.39, 0.29) is 13.2 Å². The van der Waals surface area contributed by atoms with Crippen LogP contribution in [0.4, 0.5) is 0 Å². The summed E-state index contributed by atoms with van der Waals surface area (Å²) in [6, 6.07) is 19.2. The summed E-state index contributed by atoms with van der Waals surface area (Å²) >= 11 is 0. The van der Waals surface area contributed by atoms with E-state index in [9.17, 15) is 8.42 Å². The molecule has 4 nitrogen and oxygen atoms in total. The third kappa shape index (κ3) is 4.00. The largest absolute Gasteiger partial charge is 0.492 e. The van der Waals surface area contributed by atoms with E-state index in [0.29, 0.717) is 4.90 Å². The van der Waals surface area contributed by atoms with Crippen molar-refractivity contribution in [2.75, 3.05) is 13.2 Å². The molecule has 0 saturated heterocycles. The first-order valence-corrected chi connectivity index (χ1v) is 9.63. The minimum Gasteiger partial charge on any atom is -0.492 e. The van der Waals surface area contributed by atoms with E-state index >= 15 is 0 Å². The van der Waals surface area contributed by atoms with E-state index in [1.165, 1.54) is 0 Å². The second kappa shape index (κ2) is 7.25. The number of ether oxygens (including phenoxy) is 1. The van der Waals surface area contributed by atoms with Gasteiger partial charge in [0.25, 0.3) is 0 Å². The number of benzene rings is 3. The van der Waals surface area contributed by atoms with Crippen molar-refractivity contribution < 1.29 is 13.2 Å². The van der Waals surface area contributed by atoms with E-state index in [1.807, 2.05) is 61.5 Å². The zero-order valence-electron chi connectivity index (χ0n) is 14.3. The molecule has 0 aromatic heterocycles. The molecule has 3 aromatic carbocycles. The molecule has 5 heteroatoms. The molecule has 0 amide bonds. The van der Waals surface area contributed by atoms with Gasteiger partial charge in [-0.15, -0.1) is 0 Å². The first-order chi connectivity index (χ1) is 12.0. The number of fused-ring (bicyclic) bond motifs is 1. The average Bonchev–Trinajstić information content (AvgIpc) is 2.61. The van der Waals surface area contributed by atoms with Crippen LogP contribution in [-0.4, -0.2) is 21.6 Å². The molecule has 25 heavy (non-hydrogen) atoms. The molecule has 0 spiro atoms. The summed E-state index contributed by atoms with van der Waals surface area (Å²) < 4.78 is 33.3. The Morgan fingerprint density at radius 3 is 2.56 bits per heavy atom. The lowest BCUT2D eigenvalue weighted by atomic mass is 10.1. The lowest BCUT2D eigenvalue weighted by Crippen LogP contribution is -2.28. The molecule has 0 fully saturated rings. The van der Waals surface area contributed by atoms with Gasteiger partial charge < -0.3 is 4.74 Å². The van der Waals surface area contributed by atoms with Crippen molar-refractivity contribution in [3.63, 3.8) is 0 Å². The normalized spacial score (nSPS) is 11.6. The number of hydrogen-bond donors (Lipinski definition) is 1. The molecule has 3 aromatic rings. The Morgan fingerprint density at radius 2 is 1.72 bits per heavy atom. The van der Waals surface area contributed by atoms with Crippen molar-refractivity contribution >= 4 is 20.8 Å². The molecular formula is C20H21NO3S. The number of sulfonamides is 1. The molecule has 0 radical (unpaired) electrons. The average molecular weight is 355 g/mol. The summed E-state index contributed by atoms with van der Waals surface area (Å²) in [6.45, 7) is 4.14. The summed E-state index contributed by atoms with van der Waals surface area (Å²) in [6.07, 6.45) is 0. The minimum absolute atomic E-state index is 0.207. The predicted octanol–water partition coefficient (Wildman–Crippen LogP) is 3.81. The fraction of sp³-hybridized carbons (Fsp3) is 0.200. The van der Waals surface area contributed by atoms with E-state index in [2.05, 4.69) is 4.72 Å². The Morgan fingerprint density at radius 1 is 0.960 bits per heavy atom. The quantitative estimate of drug-likeness (QED) is 0.684. The minimum atomic E-state index is -3.54. The van der Waals surface area contributed by atoms with Crippen LogP contribution in [-0.2, 0) is 10.0 Å². The fourth-order valence-corrected chi connectivity index (χ4v) is 4.07. The Bertz CT molecular complexity index is 991. The summed E-state index contributed by atoms with van der Waals surface area (Å²) in [5.74, 6) is 0.754. The van der Waals surface area contributed by atoms with Crippen LogP contribution < -0.4 is 9.46 Å². The number of aryl methyl sites for hydroxylation is 2. The maximum atomic E-state index is 12.5. The van der Waals surface area contributed by atoms with Crippen LogP contribution >= 0.6 is 0 Å². The smallest absolute Gasteiger partial charge is 0.240 e. The van der Waals surface area contributed by atoms with E-state index < -0.39 is 10.0 Å². The van der Waals surface area contributed by atoms with Crippen LogP contribution in [0.5, 0.6) is 5.75 Å². The van der Waals surface area contributed by atoms with Crippen LogP contribution in [0.15, 0.2) is 65.6 Å². The summed E-state index contributed by atoms with van der Waals surface area (Å²) in [4.78, 5) is 0.317. The van der Waals surface area contributed by atoms with E-state index in [4.69, 9.17) is 4.74 Å². The highest BCUT2D eigenvalue weighted by molar-refractivity contribution is 7.89. The van der Waals surface area contributed by atoms with Gasteiger partial charge in [0.2, 0.25) is 10.0 Å². The first-order valence-electron chi connectivity index (χ1n) is 8.15. The Labute approximate surface area is 148 Å². The van der Waals surface area contributed by atoms with Gasteiger partial charge in [0.15, 0.2) is 0 Å². The molecule has 0 atom stereocenters. The third-order valence-corrected chi connectivity index (χ3v) is 5.64. The molecule has 0 aliphatic heterocycles. The Kier molecular flexibility index (Phi) is 5.06. The van der Waals surface area contributed by atoms with Gasteiger partial charge in [0.1, 0.15) is 12.4 Å². The van der Waals surface area contributed by atoms with Crippen LogP contribution in [0.3, 0.4) is 0 Å². The fourth-order valence-electron chi connectivity index (χ4n) is 2.73. The number of hydrogen-bond acceptors (Lipinski definition) is 3. The van der Waals surface area contributed by atoms with Gasteiger partial charge in [0, 0.05) is 11.9 Å². The van der Waals surface area contributed by atoms with Crippen LogP contribution in [0, 0.1) is 13.8 Å². The highest BCUT2D eigenvalue weighted by Crippen LogP contribution is 2.25. The lowest BCUT2D eigenvalue weighted by molar-refractivity contribution is 0.326. The van der Waals surface area contributed by atoms with Gasteiger partial charge in [-0.1, -0.05) is 48.5 Å². The maximum absolute atomic E-state index is 12.5. The molecule has 0 bridgehead atoms. The molecule has 1 N–H and O–H groups in total. The van der Waals surface area contributed by atoms with Gasteiger partial charge in [0.05, 0.1) is 4.90 Å². The standard InChI is InChI=1S/C20H21NO3S/c1-15-10-11-16(2)20(14-15)25(22,23)21-12-13-24-19-9-5-7-17-6-3-4-8-18(17)19/h3-11,14,21H,12-13H2,1-2H3. The maximum Gasteiger partial charge on any atom is 0.240 e. The molecule has 0 heterocycles.